The van der Waals surface area contributed by atoms with Gasteiger partial charge in [0.15, 0.2) is 0 Å². The van der Waals surface area contributed by atoms with Gasteiger partial charge in [0.2, 0.25) is 11.8 Å². The molecule has 0 aromatic carbocycles. The van der Waals surface area contributed by atoms with Crippen LogP contribution in [-0.2, 0) is 9.59 Å². The number of nitrogens with one attached hydrogen (secondary N) is 1. The maximum atomic E-state index is 12.4. The van der Waals surface area contributed by atoms with Gasteiger partial charge in [-0.3, -0.25) is 9.59 Å². The molecule has 120 valence electrons. The summed E-state index contributed by atoms with van der Waals surface area (Å²) >= 11 is 0. The van der Waals surface area contributed by atoms with Crippen molar-refractivity contribution >= 4 is 11.8 Å². The van der Waals surface area contributed by atoms with Crippen LogP contribution in [0.2, 0.25) is 0 Å². The predicted octanol–water partition coefficient (Wildman–Crippen LogP) is 2.72. The van der Waals surface area contributed by atoms with Crippen molar-refractivity contribution in [1.29, 1.82) is 0 Å². The van der Waals surface area contributed by atoms with Crippen LogP contribution in [0.1, 0.15) is 65.2 Å². The summed E-state index contributed by atoms with van der Waals surface area (Å²) in [4.78, 5) is 26.6. The first-order valence-electron chi connectivity index (χ1n) is 8.76. The third-order valence-electron chi connectivity index (χ3n) is 4.69. The minimum absolute atomic E-state index is 0.0494. The van der Waals surface area contributed by atoms with E-state index in [1.807, 2.05) is 4.90 Å². The highest BCUT2D eigenvalue weighted by molar-refractivity contribution is 5.92. The van der Waals surface area contributed by atoms with Crippen LogP contribution in [0.4, 0.5) is 0 Å². The van der Waals surface area contributed by atoms with E-state index in [1.54, 1.807) is 0 Å². The maximum absolute atomic E-state index is 12.4. The lowest BCUT2D eigenvalue weighted by Gasteiger charge is -2.23. The fraction of sp³-hybridized carbons (Fsp3) is 0.882. The highest BCUT2D eigenvalue weighted by Crippen LogP contribution is 2.40. The Morgan fingerprint density at radius 3 is 2.19 bits per heavy atom. The number of hydrogen-bond donors (Lipinski definition) is 1. The van der Waals surface area contributed by atoms with Crippen molar-refractivity contribution in [3.8, 4) is 0 Å². The first-order chi connectivity index (χ1) is 10.2. The Morgan fingerprint density at radius 1 is 1.00 bits per heavy atom. The Bertz CT molecular complexity index is 358. The summed E-state index contributed by atoms with van der Waals surface area (Å²) in [7, 11) is 0. The second-order valence-electron chi connectivity index (χ2n) is 6.62. The summed E-state index contributed by atoms with van der Waals surface area (Å²) < 4.78 is 0. The predicted molar refractivity (Wildman–Crippen MR) is 83.8 cm³/mol. The van der Waals surface area contributed by atoms with Gasteiger partial charge in [-0.1, -0.05) is 33.1 Å². The highest BCUT2D eigenvalue weighted by atomic mass is 16.2. The van der Waals surface area contributed by atoms with E-state index in [9.17, 15) is 9.59 Å². The van der Waals surface area contributed by atoms with Crippen LogP contribution in [-0.4, -0.2) is 35.8 Å². The molecule has 2 aliphatic rings. The molecule has 2 atom stereocenters. The first-order valence-corrected chi connectivity index (χ1v) is 8.76. The Balaban J connectivity index is 1.79. The number of carbonyl (C=O) groups excluding carboxylic acids is 2. The number of amides is 2. The lowest BCUT2D eigenvalue weighted by Crippen LogP contribution is -2.39. The Labute approximate surface area is 128 Å². The van der Waals surface area contributed by atoms with Gasteiger partial charge < -0.3 is 10.2 Å². The molecule has 0 aromatic heterocycles. The zero-order valence-electron chi connectivity index (χ0n) is 13.6. The molecule has 2 saturated carbocycles. The third-order valence-corrected chi connectivity index (χ3v) is 4.69. The van der Waals surface area contributed by atoms with Gasteiger partial charge in [-0.05, 0) is 32.1 Å². The maximum Gasteiger partial charge on any atom is 0.226 e. The van der Waals surface area contributed by atoms with E-state index in [0.717, 1.165) is 45.2 Å². The summed E-state index contributed by atoms with van der Waals surface area (Å²) in [5.74, 6) is 0.207. The molecular formula is C17H30N2O2. The Morgan fingerprint density at radius 2 is 1.62 bits per heavy atom. The van der Waals surface area contributed by atoms with Crippen LogP contribution in [0.5, 0.6) is 0 Å². The lowest BCUT2D eigenvalue weighted by molar-refractivity contribution is -0.135. The largest absolute Gasteiger partial charge is 0.353 e. The molecule has 2 amide bonds. The van der Waals surface area contributed by atoms with Gasteiger partial charge in [0.05, 0.1) is 11.8 Å². The second kappa shape index (κ2) is 7.81. The summed E-state index contributed by atoms with van der Waals surface area (Å²) in [6.07, 6.45) is 8.66. The molecule has 0 bridgehead atoms. The summed E-state index contributed by atoms with van der Waals surface area (Å²) in [5.41, 5.74) is 0. The molecule has 4 nitrogen and oxygen atoms in total. The highest BCUT2D eigenvalue weighted by Gasteiger charge is 2.49. The molecule has 2 unspecified atom stereocenters. The minimum Gasteiger partial charge on any atom is -0.353 e. The van der Waals surface area contributed by atoms with Gasteiger partial charge in [-0.25, -0.2) is 0 Å². The van der Waals surface area contributed by atoms with E-state index >= 15 is 0 Å². The monoisotopic (exact) mass is 294 g/mol. The summed E-state index contributed by atoms with van der Waals surface area (Å²) in [6, 6.07) is 0.352. The topological polar surface area (TPSA) is 49.4 Å². The lowest BCUT2D eigenvalue weighted by atomic mass is 9.95. The van der Waals surface area contributed by atoms with E-state index < -0.39 is 0 Å². The number of rotatable bonds is 7. The molecule has 21 heavy (non-hydrogen) atoms. The molecule has 2 rings (SSSR count). The molecule has 2 aliphatic carbocycles. The molecule has 0 spiro atoms. The van der Waals surface area contributed by atoms with Gasteiger partial charge in [0, 0.05) is 19.1 Å². The van der Waals surface area contributed by atoms with E-state index in [4.69, 9.17) is 0 Å². The molecule has 1 N–H and O–H groups in total. The quantitative estimate of drug-likeness (QED) is 0.785. The van der Waals surface area contributed by atoms with Crippen molar-refractivity contribution in [3.63, 3.8) is 0 Å². The molecule has 2 fully saturated rings. The molecule has 0 aliphatic heterocycles. The average molecular weight is 294 g/mol. The Hall–Kier alpha value is -1.06. The van der Waals surface area contributed by atoms with Crippen LogP contribution in [0.25, 0.3) is 0 Å². The molecular weight excluding hydrogens is 264 g/mol. The molecule has 4 heteroatoms. The average Bonchev–Trinajstić information content (AvgIpc) is 3.28. The molecule has 0 saturated heterocycles. The van der Waals surface area contributed by atoms with E-state index in [1.165, 1.54) is 19.3 Å². The van der Waals surface area contributed by atoms with Gasteiger partial charge in [0.25, 0.3) is 0 Å². The standard InChI is InChI=1S/C17H30N2O2/c1-3-10-19(11-4-2)17(21)15-12-14(15)16(20)18-13-8-6-5-7-9-13/h13-15H,3-12H2,1-2H3,(H,18,20). The van der Waals surface area contributed by atoms with Gasteiger partial charge in [-0.15, -0.1) is 0 Å². The van der Waals surface area contributed by atoms with E-state index in [2.05, 4.69) is 19.2 Å². The van der Waals surface area contributed by atoms with Crippen molar-refractivity contribution in [2.45, 2.75) is 71.3 Å². The van der Waals surface area contributed by atoms with Crippen LogP contribution < -0.4 is 5.32 Å². The third kappa shape index (κ3) is 4.45. The van der Waals surface area contributed by atoms with Crippen molar-refractivity contribution in [3.05, 3.63) is 0 Å². The van der Waals surface area contributed by atoms with Crippen molar-refractivity contribution in [2.24, 2.45) is 11.8 Å². The number of hydrogen-bond acceptors (Lipinski definition) is 2. The SMILES string of the molecule is CCCN(CCC)C(=O)C1CC1C(=O)NC1CCCCC1. The zero-order chi connectivity index (χ0) is 15.2. The van der Waals surface area contributed by atoms with Gasteiger partial charge in [-0.2, -0.15) is 0 Å². The fourth-order valence-corrected chi connectivity index (χ4v) is 3.42. The number of carbonyl (C=O) groups is 2. The van der Waals surface area contributed by atoms with Crippen molar-refractivity contribution in [1.82, 2.24) is 10.2 Å². The van der Waals surface area contributed by atoms with Crippen LogP contribution in [0, 0.1) is 11.8 Å². The second-order valence-corrected chi connectivity index (χ2v) is 6.62. The summed E-state index contributed by atoms with van der Waals surface area (Å²) in [6.45, 7) is 5.83. The minimum atomic E-state index is -0.0596. The van der Waals surface area contributed by atoms with E-state index in [0.29, 0.717) is 6.04 Å². The fourth-order valence-electron chi connectivity index (χ4n) is 3.42. The van der Waals surface area contributed by atoms with Crippen molar-refractivity contribution < 1.29 is 9.59 Å². The van der Waals surface area contributed by atoms with Gasteiger partial charge in [0.1, 0.15) is 0 Å². The van der Waals surface area contributed by atoms with Crippen LogP contribution in [0.15, 0.2) is 0 Å². The smallest absolute Gasteiger partial charge is 0.226 e. The van der Waals surface area contributed by atoms with Gasteiger partial charge >= 0.3 is 0 Å². The molecule has 0 heterocycles. The normalized spacial score (nSPS) is 25.4. The van der Waals surface area contributed by atoms with Crippen LogP contribution >= 0.6 is 0 Å². The van der Waals surface area contributed by atoms with Crippen molar-refractivity contribution in [2.75, 3.05) is 13.1 Å². The van der Waals surface area contributed by atoms with E-state index in [-0.39, 0.29) is 23.7 Å². The Kier molecular flexibility index (Phi) is 6.07. The van der Waals surface area contributed by atoms with Crippen LogP contribution in [0.3, 0.4) is 0 Å². The zero-order valence-corrected chi connectivity index (χ0v) is 13.6. The number of nitrogens with zero attached hydrogens (tertiary/aromatic N) is 1. The first kappa shape index (κ1) is 16.3. The molecule has 0 aromatic rings. The molecule has 0 radical (unpaired) electrons. The summed E-state index contributed by atoms with van der Waals surface area (Å²) in [5, 5.41) is 3.16.